The minimum Gasteiger partial charge on any atom is -1.00 e. The normalized spacial score (nSPS) is 12.1. The number of nitrogens with zero attached hydrogens (tertiary/aromatic N) is 8. The molecule has 0 atom stereocenters. The molecule has 0 radical (unpaired) electrons. The summed E-state index contributed by atoms with van der Waals surface area (Å²) < 4.78 is 141. The van der Waals surface area contributed by atoms with Crippen molar-refractivity contribution in [1.29, 1.82) is 0 Å². The molecule has 81 heavy (non-hydrogen) atoms. The van der Waals surface area contributed by atoms with Crippen molar-refractivity contribution < 1.29 is 103 Å². The van der Waals surface area contributed by atoms with Gasteiger partial charge in [-0.05, 0) is 59.7 Å². The molecule has 6 aromatic carbocycles. The van der Waals surface area contributed by atoms with Gasteiger partial charge < -0.3 is 52.9 Å². The third-order valence-corrected chi connectivity index (χ3v) is 15.3. The van der Waals surface area contributed by atoms with Gasteiger partial charge in [-0.3, -0.25) is 18.2 Å². The molecule has 0 aliphatic heterocycles. The van der Waals surface area contributed by atoms with Gasteiger partial charge in [-0.15, -0.1) is 0 Å². The van der Waals surface area contributed by atoms with Crippen LogP contribution in [0.2, 0.25) is 0 Å². The van der Waals surface area contributed by atoms with Crippen molar-refractivity contribution in [2.45, 2.75) is 19.6 Å². The molecule has 0 spiro atoms. The zero-order valence-corrected chi connectivity index (χ0v) is 47.5. The van der Waals surface area contributed by atoms with Crippen LogP contribution in [0.25, 0.3) is 33.7 Å². The van der Waals surface area contributed by atoms with Crippen LogP contribution in [0.3, 0.4) is 0 Å². The van der Waals surface area contributed by atoms with Crippen LogP contribution < -0.4 is 60.6 Å². The number of aromatic nitrogens is 6. The van der Waals surface area contributed by atoms with Gasteiger partial charge in [0, 0.05) is 70.5 Å². The van der Waals surface area contributed by atoms with Crippen molar-refractivity contribution >= 4 is 133 Å². The largest absolute Gasteiger partial charge is 1.00 e. The molecule has 8 rings (SSSR count). The number of aliphatic hydroxyl groups excluding tert-OH is 4. The molecule has 33 heteroatoms. The average molecular weight is 1200 g/mol. The van der Waals surface area contributed by atoms with Crippen molar-refractivity contribution in [3.63, 3.8) is 0 Å². The second-order valence-corrected chi connectivity index (χ2v) is 22.5. The molecule has 2 aromatic heterocycles. The molecule has 0 saturated heterocycles. The maximum absolute atomic E-state index is 12.9. The Morgan fingerprint density at radius 3 is 1.01 bits per heavy atom. The molecule has 12 N–H and O–H groups in total. The number of aliphatic hydroxyl groups is 4. The second kappa shape index (κ2) is 25.8. The van der Waals surface area contributed by atoms with Crippen LogP contribution in [-0.2, 0) is 40.5 Å². The summed E-state index contributed by atoms with van der Waals surface area (Å²) in [4.78, 5) is 27.1. The number of fused-ring (bicyclic) bond motifs is 2. The molecule has 0 aliphatic carbocycles. The van der Waals surface area contributed by atoms with E-state index in [4.69, 9.17) is 0 Å². The summed E-state index contributed by atoms with van der Waals surface area (Å²) in [6.07, 6.45) is 2.29. The Balaban J connectivity index is 0.00000541. The third kappa shape index (κ3) is 15.1. The van der Waals surface area contributed by atoms with Crippen LogP contribution in [0.5, 0.6) is 0 Å². The van der Waals surface area contributed by atoms with Crippen molar-refractivity contribution in [3.05, 3.63) is 120 Å². The number of hydrogen-bond donors (Lipinski definition) is 12. The van der Waals surface area contributed by atoms with Crippen molar-refractivity contribution in [2.75, 3.05) is 83.7 Å². The molecular weight excluding hydrogens is 1150 g/mol. The Morgan fingerprint density at radius 1 is 0.395 bits per heavy atom. The van der Waals surface area contributed by atoms with Crippen molar-refractivity contribution in [1.82, 2.24) is 29.9 Å². The van der Waals surface area contributed by atoms with E-state index in [9.17, 15) is 72.3 Å². The first kappa shape index (κ1) is 61.5. The van der Waals surface area contributed by atoms with Gasteiger partial charge in [0.25, 0.3) is 40.5 Å². The molecule has 0 fully saturated rings. The quantitative estimate of drug-likeness (QED) is 0.0230. The summed E-state index contributed by atoms with van der Waals surface area (Å²) in [6, 6.07) is 24.7. The molecule has 28 nitrogen and oxygen atoms in total. The van der Waals surface area contributed by atoms with E-state index >= 15 is 0 Å². The SMILES string of the molecule is O=S(=O)(O)c1cc(Nc2nc(Nc3ccc(S(=O)(=O)O)c4ccccc34)nc(N(CCO)CCO)n2)ccc1/C=C/c1ccc(Nc2nc(Nc3ccc(S(=O)(=O)O)c4ccccc34)nc(N(CCO)CCO)n2)cc1S(=O)(=O)O.[H-].[Na+]. The van der Waals surface area contributed by atoms with Gasteiger partial charge in [-0.2, -0.15) is 63.6 Å². The maximum Gasteiger partial charge on any atom is 1.00 e. The Kier molecular flexibility index (Phi) is 19.6. The molecule has 0 aliphatic rings. The first-order valence-electron chi connectivity index (χ1n) is 23.4. The summed E-state index contributed by atoms with van der Waals surface area (Å²) in [6.45, 7) is -1.78. The summed E-state index contributed by atoms with van der Waals surface area (Å²) in [5.74, 6) is -0.952. The molecule has 2 heterocycles. The molecular formula is C48H49N12NaO16S4. The number of hydrogen-bond acceptors (Lipinski definition) is 24. The first-order chi connectivity index (χ1) is 38.0. The van der Waals surface area contributed by atoms with E-state index in [1.54, 1.807) is 36.4 Å². The topological polar surface area (TPSA) is 430 Å². The molecule has 422 valence electrons. The average Bonchev–Trinajstić information content (AvgIpc) is 3.55. The third-order valence-electron chi connectivity index (χ3n) is 11.6. The van der Waals surface area contributed by atoms with Crippen molar-refractivity contribution in [2.24, 2.45) is 0 Å². The summed E-state index contributed by atoms with van der Waals surface area (Å²) >= 11 is 0. The fourth-order valence-corrected chi connectivity index (χ4v) is 11.0. The van der Waals surface area contributed by atoms with E-state index in [-0.39, 0.29) is 174 Å². The maximum atomic E-state index is 12.9. The Morgan fingerprint density at radius 2 is 0.704 bits per heavy atom. The molecule has 0 unspecified atom stereocenters. The van der Waals surface area contributed by atoms with Crippen LogP contribution in [-0.4, -0.2) is 155 Å². The van der Waals surface area contributed by atoms with Crippen LogP contribution in [0, 0.1) is 0 Å². The van der Waals surface area contributed by atoms with E-state index in [0.29, 0.717) is 10.8 Å². The van der Waals surface area contributed by atoms with Gasteiger partial charge in [0.2, 0.25) is 35.7 Å². The van der Waals surface area contributed by atoms with Gasteiger partial charge >= 0.3 is 29.6 Å². The van der Waals surface area contributed by atoms with Crippen LogP contribution in [0.1, 0.15) is 12.6 Å². The Hall–Kier alpha value is -7.12. The van der Waals surface area contributed by atoms with Gasteiger partial charge in [-0.1, -0.05) is 72.8 Å². The second-order valence-electron chi connectivity index (χ2n) is 17.0. The number of benzene rings is 6. The van der Waals surface area contributed by atoms with Gasteiger partial charge in [0.05, 0.1) is 26.4 Å². The van der Waals surface area contributed by atoms with Crippen LogP contribution in [0.15, 0.2) is 129 Å². The van der Waals surface area contributed by atoms with Gasteiger partial charge in [0.15, 0.2) is 0 Å². The monoisotopic (exact) mass is 1200 g/mol. The minimum atomic E-state index is -5.06. The number of nitrogens with one attached hydrogen (secondary N) is 4. The van der Waals surface area contributed by atoms with E-state index in [0.717, 1.165) is 24.3 Å². The zero-order chi connectivity index (χ0) is 57.6. The first-order valence-corrected chi connectivity index (χ1v) is 29.2. The predicted octanol–water partition coefficient (Wildman–Crippen LogP) is 1.19. The summed E-state index contributed by atoms with van der Waals surface area (Å²) in [5.41, 5.74) is 0.163. The van der Waals surface area contributed by atoms with E-state index in [1.165, 1.54) is 70.5 Å². The molecule has 0 amide bonds. The smallest absolute Gasteiger partial charge is 1.00 e. The number of rotatable bonds is 24. The fraction of sp³-hybridized carbons (Fsp3) is 0.167. The molecule has 0 bridgehead atoms. The predicted molar refractivity (Wildman–Crippen MR) is 296 cm³/mol. The Bertz CT molecular complexity index is 3880. The van der Waals surface area contributed by atoms with E-state index in [1.807, 2.05) is 0 Å². The zero-order valence-electron chi connectivity index (χ0n) is 43.3. The van der Waals surface area contributed by atoms with E-state index < -0.39 is 50.3 Å². The summed E-state index contributed by atoms with van der Waals surface area (Å²) in [7, 11) is -19.4. The van der Waals surface area contributed by atoms with Gasteiger partial charge in [0.1, 0.15) is 19.6 Å². The van der Waals surface area contributed by atoms with Crippen LogP contribution in [0.4, 0.5) is 58.4 Å². The molecule has 0 saturated carbocycles. The number of anilines is 10. The Labute approximate surface area is 486 Å². The van der Waals surface area contributed by atoms with E-state index in [2.05, 4.69) is 51.2 Å². The fourth-order valence-electron chi connectivity index (χ4n) is 8.18. The standard InChI is InChI=1S/C48H48N12O16S4.Na.H/c61-23-19-59(20-24-62)47-55-43(53-45(57-47)51-37-15-17-39(77(65,66)67)35-7-3-1-5-33(35)37)49-31-13-11-29(41(27-31)79(71,72)73)9-10-30-12-14-32(28-42(30)80(74,75)76)50-44-54-46(58-48(56-44)60(21-25-63)22-26-64)52-38-16-18-40(78(68,69)70)36-8-4-2-6-34(36)38;;/h1-18,27-28,61-64H,19-26H2,(H,65,66,67)(H,68,69,70)(H,71,72,73)(H,74,75,76)(H2,49,51,53,55,57)(H2,50,52,54,56,58);;/q;+1;-1/b10-9+;;. The van der Waals surface area contributed by atoms with Crippen LogP contribution >= 0.6 is 0 Å². The van der Waals surface area contributed by atoms with Crippen molar-refractivity contribution in [3.8, 4) is 0 Å². The van der Waals surface area contributed by atoms with Gasteiger partial charge in [-0.25, -0.2) is 0 Å². The molecule has 8 aromatic rings. The minimum absolute atomic E-state index is 0. The summed E-state index contributed by atoms with van der Waals surface area (Å²) in [5, 5.41) is 51.8.